The van der Waals surface area contributed by atoms with Crippen LogP contribution >= 0.6 is 11.6 Å². The van der Waals surface area contributed by atoms with E-state index in [2.05, 4.69) is 9.98 Å². The Kier molecular flexibility index (Phi) is 5.68. The molecule has 5 heteroatoms. The molecule has 0 saturated heterocycles. The van der Waals surface area contributed by atoms with Crippen molar-refractivity contribution in [3.63, 3.8) is 0 Å². The first-order chi connectivity index (χ1) is 14.6. The highest BCUT2D eigenvalue weighted by atomic mass is 35.5. The third kappa shape index (κ3) is 4.80. The van der Waals surface area contributed by atoms with E-state index in [1.807, 2.05) is 66.7 Å². The van der Waals surface area contributed by atoms with Gasteiger partial charge in [0, 0.05) is 16.6 Å². The molecule has 30 heavy (non-hydrogen) atoms. The fourth-order valence-corrected chi connectivity index (χ4v) is 3.12. The highest BCUT2D eigenvalue weighted by Crippen LogP contribution is 2.20. The third-order valence-corrected chi connectivity index (χ3v) is 4.75. The van der Waals surface area contributed by atoms with Crippen molar-refractivity contribution >= 4 is 52.5 Å². The van der Waals surface area contributed by atoms with Gasteiger partial charge in [-0.05, 0) is 59.7 Å². The van der Waals surface area contributed by atoms with Crippen molar-refractivity contribution in [2.75, 3.05) is 0 Å². The predicted octanol–water partition coefficient (Wildman–Crippen LogP) is 6.51. The minimum Gasteiger partial charge on any atom is -0.478 e. The number of rotatable bonds is 5. The zero-order valence-corrected chi connectivity index (χ0v) is 16.6. The fraction of sp³-hybridized carbons (Fsp3) is 0. The lowest BCUT2D eigenvalue weighted by atomic mass is 10.1. The van der Waals surface area contributed by atoms with E-state index in [0.29, 0.717) is 5.02 Å². The molecule has 0 fully saturated rings. The molecule has 0 unspecified atom stereocenters. The van der Waals surface area contributed by atoms with Gasteiger partial charge in [-0.1, -0.05) is 54.1 Å². The van der Waals surface area contributed by atoms with Gasteiger partial charge >= 0.3 is 5.97 Å². The minimum atomic E-state index is -0.943. The first-order valence-corrected chi connectivity index (χ1v) is 9.66. The molecule has 146 valence electrons. The summed E-state index contributed by atoms with van der Waals surface area (Å²) >= 11 is 6.06. The lowest BCUT2D eigenvalue weighted by Crippen LogP contribution is -1.95. The summed E-state index contributed by atoms with van der Waals surface area (Å²) in [6.45, 7) is 0. The van der Waals surface area contributed by atoms with E-state index in [9.17, 15) is 4.79 Å². The number of hydrogen-bond donors (Lipinski definition) is 1. The topological polar surface area (TPSA) is 62.5 Å². The van der Waals surface area contributed by atoms with Crippen LogP contribution in [0.15, 0.2) is 83.9 Å². The molecule has 4 nitrogen and oxygen atoms in total. The molecule has 0 amide bonds. The lowest BCUT2D eigenvalue weighted by molar-refractivity contribution is 0.0697. The molecular weight excluding hydrogens is 396 g/mol. The molecule has 0 spiro atoms. The van der Waals surface area contributed by atoms with Crippen LogP contribution in [-0.2, 0) is 0 Å². The quantitative estimate of drug-likeness (QED) is 0.380. The highest BCUT2D eigenvalue weighted by Gasteiger charge is 2.01. The Morgan fingerprint density at radius 1 is 0.900 bits per heavy atom. The standard InChI is InChI=1S/C25H17ClN2O2/c26-21-11-9-19-10-13-22(28-24(19)15-21)12-6-17-2-1-3-23(14-17)27-16-18-4-7-20(8-5-18)25(29)30/h1-16H,(H,29,30). The van der Waals surface area contributed by atoms with Gasteiger partial charge in [0.2, 0.25) is 0 Å². The monoisotopic (exact) mass is 412 g/mol. The van der Waals surface area contributed by atoms with Crippen molar-refractivity contribution in [1.82, 2.24) is 4.98 Å². The van der Waals surface area contributed by atoms with Crippen molar-refractivity contribution in [2.24, 2.45) is 4.99 Å². The van der Waals surface area contributed by atoms with Gasteiger partial charge in [-0.25, -0.2) is 9.78 Å². The molecule has 0 saturated carbocycles. The van der Waals surface area contributed by atoms with Crippen LogP contribution in [0.4, 0.5) is 5.69 Å². The molecule has 1 heterocycles. The third-order valence-electron chi connectivity index (χ3n) is 4.51. The highest BCUT2D eigenvalue weighted by molar-refractivity contribution is 6.31. The molecule has 1 N–H and O–H groups in total. The molecule has 0 bridgehead atoms. The molecule has 0 aliphatic carbocycles. The van der Waals surface area contributed by atoms with Gasteiger partial charge < -0.3 is 5.11 Å². The number of benzene rings is 3. The van der Waals surface area contributed by atoms with Crippen LogP contribution in [0.25, 0.3) is 23.1 Å². The number of fused-ring (bicyclic) bond motifs is 1. The lowest BCUT2D eigenvalue weighted by Gasteiger charge is -2.00. The summed E-state index contributed by atoms with van der Waals surface area (Å²) in [5.74, 6) is -0.943. The molecule has 0 atom stereocenters. The maximum Gasteiger partial charge on any atom is 0.335 e. The number of aromatic carboxylic acids is 1. The average Bonchev–Trinajstić information content (AvgIpc) is 2.76. The SMILES string of the molecule is O=C(O)c1ccc(C=Nc2cccc(C=Cc3ccc4ccc(Cl)cc4n3)c2)cc1. The molecule has 4 rings (SSSR count). The first kappa shape index (κ1) is 19.6. The van der Waals surface area contributed by atoms with E-state index in [0.717, 1.165) is 33.4 Å². The molecule has 0 aliphatic heterocycles. The molecule has 0 aliphatic rings. The van der Waals surface area contributed by atoms with Gasteiger partial charge in [0.1, 0.15) is 0 Å². The van der Waals surface area contributed by atoms with Gasteiger partial charge in [-0.2, -0.15) is 0 Å². The molecule has 3 aromatic carbocycles. The zero-order chi connectivity index (χ0) is 20.9. The number of carboxylic acids is 1. The van der Waals surface area contributed by atoms with Crippen LogP contribution in [-0.4, -0.2) is 22.3 Å². The summed E-state index contributed by atoms with van der Waals surface area (Å²) in [6.07, 6.45) is 5.65. The van der Waals surface area contributed by atoms with Crippen LogP contribution in [0.5, 0.6) is 0 Å². The maximum absolute atomic E-state index is 10.9. The summed E-state index contributed by atoms with van der Waals surface area (Å²) in [5, 5.41) is 10.7. The van der Waals surface area contributed by atoms with Gasteiger partial charge in [-0.15, -0.1) is 0 Å². The van der Waals surface area contributed by atoms with E-state index in [-0.39, 0.29) is 5.56 Å². The van der Waals surface area contributed by atoms with Gasteiger partial charge in [-0.3, -0.25) is 4.99 Å². The fourth-order valence-electron chi connectivity index (χ4n) is 2.95. The Bertz CT molecular complexity index is 1280. The number of carbonyl (C=O) groups is 1. The van der Waals surface area contributed by atoms with Crippen LogP contribution in [0.1, 0.15) is 27.2 Å². The molecular formula is C25H17ClN2O2. The van der Waals surface area contributed by atoms with Crippen molar-refractivity contribution in [2.45, 2.75) is 0 Å². The van der Waals surface area contributed by atoms with E-state index in [1.54, 1.807) is 30.5 Å². The van der Waals surface area contributed by atoms with E-state index in [4.69, 9.17) is 16.7 Å². The Balaban J connectivity index is 1.51. The van der Waals surface area contributed by atoms with Crippen molar-refractivity contribution in [3.8, 4) is 0 Å². The maximum atomic E-state index is 10.9. The Hall–Kier alpha value is -3.76. The smallest absolute Gasteiger partial charge is 0.335 e. The van der Waals surface area contributed by atoms with Crippen LogP contribution in [0, 0.1) is 0 Å². The number of aliphatic imine (C=N–C) groups is 1. The van der Waals surface area contributed by atoms with Crippen molar-refractivity contribution in [3.05, 3.63) is 106 Å². The number of aromatic nitrogens is 1. The summed E-state index contributed by atoms with van der Waals surface area (Å²) in [6, 6.07) is 24.1. The number of hydrogen-bond acceptors (Lipinski definition) is 3. The second-order valence-electron chi connectivity index (χ2n) is 6.69. The predicted molar refractivity (Wildman–Crippen MR) is 123 cm³/mol. The van der Waals surface area contributed by atoms with Crippen LogP contribution in [0.2, 0.25) is 5.02 Å². The van der Waals surface area contributed by atoms with Gasteiger partial charge in [0.05, 0.1) is 22.5 Å². The number of pyridine rings is 1. The van der Waals surface area contributed by atoms with E-state index >= 15 is 0 Å². The van der Waals surface area contributed by atoms with E-state index in [1.165, 1.54) is 0 Å². The molecule has 4 aromatic rings. The van der Waals surface area contributed by atoms with Gasteiger partial charge in [0.25, 0.3) is 0 Å². The Labute approximate surface area is 178 Å². The summed E-state index contributed by atoms with van der Waals surface area (Å²) in [5.41, 5.74) is 4.59. The molecule has 0 radical (unpaired) electrons. The first-order valence-electron chi connectivity index (χ1n) is 9.29. The summed E-state index contributed by atoms with van der Waals surface area (Å²) in [4.78, 5) is 20.0. The number of nitrogens with zero attached hydrogens (tertiary/aromatic N) is 2. The summed E-state index contributed by atoms with van der Waals surface area (Å²) in [7, 11) is 0. The Morgan fingerprint density at radius 2 is 1.70 bits per heavy atom. The van der Waals surface area contributed by atoms with Crippen molar-refractivity contribution in [1.29, 1.82) is 0 Å². The van der Waals surface area contributed by atoms with Crippen LogP contribution in [0.3, 0.4) is 0 Å². The molecule has 1 aromatic heterocycles. The largest absolute Gasteiger partial charge is 0.478 e. The van der Waals surface area contributed by atoms with Crippen LogP contribution < -0.4 is 0 Å². The van der Waals surface area contributed by atoms with Gasteiger partial charge in [0.15, 0.2) is 0 Å². The zero-order valence-electron chi connectivity index (χ0n) is 15.9. The van der Waals surface area contributed by atoms with E-state index < -0.39 is 5.97 Å². The van der Waals surface area contributed by atoms with Crippen molar-refractivity contribution < 1.29 is 9.90 Å². The second kappa shape index (κ2) is 8.72. The number of halogens is 1. The minimum absolute atomic E-state index is 0.254. The number of carboxylic acid groups (broad SMARTS) is 1. The normalized spacial score (nSPS) is 11.5. The second-order valence-corrected chi connectivity index (χ2v) is 7.12. The summed E-state index contributed by atoms with van der Waals surface area (Å²) < 4.78 is 0. The average molecular weight is 413 g/mol. The Morgan fingerprint density at radius 3 is 2.50 bits per heavy atom.